The standard InChI is InChI=1S/C18H17N5O2.C16H13N5O2/c1-3-25-18(24)15-10(2)14-16(20-9-21-17(14)23-15)22-13-5-4-11-7-19-8-12(11)6-13;1-8-12-14(18-7-19-15(12)21-13(8)16(22)23)20-11-3-2-9-5-17-6-10(9)4-11/h4-6,8-9H,3,7H2,1-2H3,(H2,20,21,22,23);2-4,6-7H,5H2,1H3,(H,22,23)(H2,18,19,20,21). The van der Waals surface area contributed by atoms with Gasteiger partial charge in [0.15, 0.2) is 0 Å². The summed E-state index contributed by atoms with van der Waals surface area (Å²) >= 11 is 0. The van der Waals surface area contributed by atoms with Gasteiger partial charge in [-0.25, -0.2) is 29.5 Å². The number of aromatic nitrogens is 6. The van der Waals surface area contributed by atoms with E-state index >= 15 is 0 Å². The van der Waals surface area contributed by atoms with Crippen molar-refractivity contribution in [2.45, 2.75) is 33.9 Å². The maximum Gasteiger partial charge on any atom is 0.355 e. The fourth-order valence-electron chi connectivity index (χ4n) is 5.79. The van der Waals surface area contributed by atoms with Crippen LogP contribution in [0.2, 0.25) is 0 Å². The van der Waals surface area contributed by atoms with Crippen LogP contribution in [0.15, 0.2) is 59.0 Å². The van der Waals surface area contributed by atoms with Crippen molar-refractivity contribution in [2.75, 3.05) is 17.2 Å². The number of aromatic carboxylic acids is 1. The largest absolute Gasteiger partial charge is 0.477 e. The first kappa shape index (κ1) is 30.2. The van der Waals surface area contributed by atoms with Gasteiger partial charge < -0.3 is 30.4 Å². The molecule has 0 amide bonds. The molecule has 0 atom stereocenters. The Labute approximate surface area is 273 Å². The number of carboxylic acid groups (broad SMARTS) is 1. The fraction of sp³-hybridized carbons (Fsp3) is 0.176. The highest BCUT2D eigenvalue weighted by molar-refractivity contribution is 6.02. The van der Waals surface area contributed by atoms with Gasteiger partial charge in [0.2, 0.25) is 0 Å². The van der Waals surface area contributed by atoms with Gasteiger partial charge in [-0.05, 0) is 78.4 Å². The molecule has 48 heavy (non-hydrogen) atoms. The number of carbonyl (C=O) groups is 2. The number of carbonyl (C=O) groups excluding carboxylic acids is 1. The summed E-state index contributed by atoms with van der Waals surface area (Å²) in [4.78, 5) is 54.7. The van der Waals surface area contributed by atoms with Crippen molar-refractivity contribution in [1.29, 1.82) is 0 Å². The fourth-order valence-corrected chi connectivity index (χ4v) is 5.79. The Hall–Kier alpha value is -6.44. The molecular weight excluding hydrogens is 612 g/mol. The van der Waals surface area contributed by atoms with Gasteiger partial charge in [-0.2, -0.15) is 0 Å². The lowest BCUT2D eigenvalue weighted by atomic mass is 10.1. The van der Waals surface area contributed by atoms with E-state index < -0.39 is 11.9 Å². The summed E-state index contributed by atoms with van der Waals surface area (Å²) in [5, 5.41) is 17.3. The van der Waals surface area contributed by atoms with Crippen LogP contribution >= 0.6 is 0 Å². The molecule has 4 aromatic heterocycles. The van der Waals surface area contributed by atoms with Crippen LogP contribution in [0.3, 0.4) is 0 Å². The second-order valence-corrected chi connectivity index (χ2v) is 11.2. The van der Waals surface area contributed by atoms with Crippen molar-refractivity contribution in [3.8, 4) is 0 Å². The number of benzene rings is 2. The number of esters is 1. The van der Waals surface area contributed by atoms with E-state index in [2.05, 4.69) is 56.6 Å². The van der Waals surface area contributed by atoms with Crippen molar-refractivity contribution in [1.82, 2.24) is 29.9 Å². The third kappa shape index (κ3) is 5.59. The lowest BCUT2D eigenvalue weighted by molar-refractivity contribution is 0.0519. The number of hydrogen-bond acceptors (Lipinski definition) is 11. The molecule has 2 aromatic carbocycles. The molecule has 240 valence electrons. The molecule has 5 N–H and O–H groups in total. The molecule has 0 spiro atoms. The van der Waals surface area contributed by atoms with Gasteiger partial charge in [-0.3, -0.25) is 9.98 Å². The third-order valence-corrected chi connectivity index (χ3v) is 8.18. The lowest BCUT2D eigenvalue weighted by Gasteiger charge is -2.08. The molecule has 2 aliphatic rings. The average molecular weight is 643 g/mol. The van der Waals surface area contributed by atoms with Crippen LogP contribution in [0, 0.1) is 13.8 Å². The SMILES string of the molecule is CCOC(=O)c1[nH]c2ncnc(Nc3ccc4c(c3)C=NC4)c2c1C.Cc1c(C(=O)O)[nH]c2ncnc(Nc3ccc4c(c3)C=NC4)c12. The lowest BCUT2D eigenvalue weighted by Crippen LogP contribution is -2.06. The van der Waals surface area contributed by atoms with Crippen molar-refractivity contribution in [2.24, 2.45) is 9.98 Å². The minimum Gasteiger partial charge on any atom is -0.477 e. The number of nitrogens with zero attached hydrogens (tertiary/aromatic N) is 6. The molecule has 0 bridgehead atoms. The number of fused-ring (bicyclic) bond motifs is 4. The van der Waals surface area contributed by atoms with Crippen LogP contribution < -0.4 is 10.6 Å². The number of aromatic amines is 2. The second kappa shape index (κ2) is 12.4. The molecule has 0 unspecified atom stereocenters. The molecule has 6 heterocycles. The summed E-state index contributed by atoms with van der Waals surface area (Å²) in [6, 6.07) is 12.1. The molecule has 2 aliphatic heterocycles. The highest BCUT2D eigenvalue weighted by Crippen LogP contribution is 2.31. The Morgan fingerprint density at radius 3 is 1.77 bits per heavy atom. The molecule has 14 heteroatoms. The van der Waals surface area contributed by atoms with Crippen molar-refractivity contribution in [3.63, 3.8) is 0 Å². The molecule has 0 fully saturated rings. The van der Waals surface area contributed by atoms with E-state index in [9.17, 15) is 14.7 Å². The van der Waals surface area contributed by atoms with Crippen LogP contribution in [0.1, 0.15) is 61.3 Å². The zero-order valence-electron chi connectivity index (χ0n) is 26.3. The van der Waals surface area contributed by atoms with Crippen molar-refractivity contribution >= 4 is 69.4 Å². The summed E-state index contributed by atoms with van der Waals surface area (Å²) in [6.45, 7) is 7.14. The highest BCUT2D eigenvalue weighted by Gasteiger charge is 2.20. The molecule has 14 nitrogen and oxygen atoms in total. The number of hydrogen-bond donors (Lipinski definition) is 5. The Balaban J connectivity index is 0.000000152. The summed E-state index contributed by atoms with van der Waals surface area (Å²) in [7, 11) is 0. The van der Waals surface area contributed by atoms with E-state index in [1.807, 2.05) is 49.7 Å². The first-order chi connectivity index (χ1) is 23.3. The van der Waals surface area contributed by atoms with Crippen molar-refractivity contribution in [3.05, 3.63) is 93.8 Å². The smallest absolute Gasteiger partial charge is 0.355 e. The molecule has 8 rings (SSSR count). The van der Waals surface area contributed by atoms with Crippen LogP contribution in [0.4, 0.5) is 23.0 Å². The van der Waals surface area contributed by atoms with Crippen LogP contribution in [-0.2, 0) is 17.8 Å². The van der Waals surface area contributed by atoms with Crippen LogP contribution in [-0.4, -0.2) is 66.0 Å². The number of carboxylic acids is 1. The number of aliphatic imine (C=N–C) groups is 2. The first-order valence-corrected chi connectivity index (χ1v) is 15.2. The van der Waals surface area contributed by atoms with Gasteiger partial charge in [-0.1, -0.05) is 12.1 Å². The predicted octanol–water partition coefficient (Wildman–Crippen LogP) is 5.76. The first-order valence-electron chi connectivity index (χ1n) is 15.2. The Morgan fingerprint density at radius 1 is 0.771 bits per heavy atom. The number of ether oxygens (including phenoxy) is 1. The van der Waals surface area contributed by atoms with Gasteiger partial charge in [0, 0.05) is 23.8 Å². The van der Waals surface area contributed by atoms with Gasteiger partial charge in [0.1, 0.15) is 47.0 Å². The Kier molecular flexibility index (Phi) is 7.81. The Morgan fingerprint density at radius 2 is 1.27 bits per heavy atom. The van der Waals surface area contributed by atoms with Crippen molar-refractivity contribution < 1.29 is 19.4 Å². The summed E-state index contributed by atoms with van der Waals surface area (Å²) < 4.78 is 5.09. The molecular formula is C34H30N10O4. The Bertz CT molecular complexity index is 2300. The number of nitrogens with one attached hydrogen (secondary N) is 4. The molecule has 0 aliphatic carbocycles. The van der Waals surface area contributed by atoms with E-state index in [0.29, 0.717) is 52.7 Å². The van der Waals surface area contributed by atoms with Gasteiger partial charge >= 0.3 is 11.9 Å². The highest BCUT2D eigenvalue weighted by atomic mass is 16.5. The van der Waals surface area contributed by atoms with Gasteiger partial charge in [0.25, 0.3) is 0 Å². The normalized spacial score (nSPS) is 12.5. The van der Waals surface area contributed by atoms with E-state index in [1.54, 1.807) is 13.8 Å². The quantitative estimate of drug-likeness (QED) is 0.134. The third-order valence-electron chi connectivity index (χ3n) is 8.18. The summed E-state index contributed by atoms with van der Waals surface area (Å²) in [5.74, 6) is -0.187. The molecule has 0 saturated heterocycles. The minimum absolute atomic E-state index is 0.129. The molecule has 0 saturated carbocycles. The summed E-state index contributed by atoms with van der Waals surface area (Å²) in [6.07, 6.45) is 6.59. The second-order valence-electron chi connectivity index (χ2n) is 11.2. The van der Waals surface area contributed by atoms with Gasteiger partial charge in [-0.15, -0.1) is 0 Å². The van der Waals surface area contributed by atoms with Crippen LogP contribution in [0.25, 0.3) is 22.1 Å². The van der Waals surface area contributed by atoms with Gasteiger partial charge in [0.05, 0.1) is 30.5 Å². The van der Waals surface area contributed by atoms with E-state index in [4.69, 9.17) is 4.74 Å². The van der Waals surface area contributed by atoms with Crippen LogP contribution in [0.5, 0.6) is 0 Å². The minimum atomic E-state index is -1.01. The molecule has 6 aromatic rings. The number of H-pyrrole nitrogens is 2. The summed E-state index contributed by atoms with van der Waals surface area (Å²) in [5.41, 5.74) is 9.37. The number of aryl methyl sites for hydroxylation is 2. The number of rotatable bonds is 7. The van der Waals surface area contributed by atoms with E-state index in [0.717, 1.165) is 40.0 Å². The van der Waals surface area contributed by atoms with E-state index in [1.165, 1.54) is 23.8 Å². The molecule has 0 radical (unpaired) electrons. The monoisotopic (exact) mass is 642 g/mol. The van der Waals surface area contributed by atoms with E-state index in [-0.39, 0.29) is 5.69 Å². The topological polar surface area (TPSA) is 196 Å². The maximum absolute atomic E-state index is 12.1. The maximum atomic E-state index is 12.1. The zero-order chi connectivity index (χ0) is 33.4. The average Bonchev–Trinajstić information content (AvgIpc) is 3.87. The zero-order valence-corrected chi connectivity index (χ0v) is 26.3. The number of anilines is 4. The predicted molar refractivity (Wildman–Crippen MR) is 182 cm³/mol.